The summed E-state index contributed by atoms with van der Waals surface area (Å²) in [4.78, 5) is 27.5. The van der Waals surface area contributed by atoms with Gasteiger partial charge in [-0.05, 0) is 24.3 Å². The highest BCUT2D eigenvalue weighted by Gasteiger charge is 2.23. The Kier molecular flexibility index (Phi) is 4.84. The molecule has 2 aromatic rings. The Morgan fingerprint density at radius 3 is 2.58 bits per heavy atom. The standard InChI is InChI=1S/C18H21N3O3/c1-24-17-7-3-2-6-16(17)19-9-11-20(12-10-19)18(23)13-21-8-4-5-15(21)14-22/h2-8,14H,9-13H2,1H3. The molecule has 3 rings (SSSR count). The number of rotatable bonds is 5. The van der Waals surface area contributed by atoms with Crippen LogP contribution in [0.15, 0.2) is 42.6 Å². The average molecular weight is 327 g/mol. The first kappa shape index (κ1) is 16.1. The number of piperazine rings is 1. The van der Waals surface area contributed by atoms with Crippen molar-refractivity contribution < 1.29 is 14.3 Å². The van der Waals surface area contributed by atoms with E-state index in [4.69, 9.17) is 4.74 Å². The molecule has 1 saturated heterocycles. The van der Waals surface area contributed by atoms with Crippen LogP contribution in [0, 0.1) is 0 Å². The molecular formula is C18H21N3O3. The maximum absolute atomic E-state index is 12.4. The highest BCUT2D eigenvalue weighted by atomic mass is 16.5. The third-order valence-electron chi connectivity index (χ3n) is 4.35. The first-order valence-corrected chi connectivity index (χ1v) is 7.99. The minimum absolute atomic E-state index is 0.0361. The number of aldehydes is 1. The van der Waals surface area contributed by atoms with Crippen molar-refractivity contribution in [1.82, 2.24) is 9.47 Å². The summed E-state index contributed by atoms with van der Waals surface area (Å²) in [5, 5.41) is 0. The molecule has 1 amide bonds. The predicted octanol–water partition coefficient (Wildman–Crippen LogP) is 1.66. The fourth-order valence-corrected chi connectivity index (χ4v) is 3.01. The Labute approximate surface area is 141 Å². The number of aromatic nitrogens is 1. The molecule has 0 atom stereocenters. The van der Waals surface area contributed by atoms with E-state index in [-0.39, 0.29) is 12.5 Å². The van der Waals surface area contributed by atoms with E-state index >= 15 is 0 Å². The summed E-state index contributed by atoms with van der Waals surface area (Å²) in [7, 11) is 1.67. The van der Waals surface area contributed by atoms with E-state index < -0.39 is 0 Å². The van der Waals surface area contributed by atoms with Gasteiger partial charge in [-0.1, -0.05) is 12.1 Å². The quantitative estimate of drug-likeness (QED) is 0.784. The van der Waals surface area contributed by atoms with Gasteiger partial charge >= 0.3 is 0 Å². The van der Waals surface area contributed by atoms with E-state index in [0.29, 0.717) is 18.8 Å². The number of amides is 1. The minimum atomic E-state index is 0.0361. The zero-order valence-electron chi connectivity index (χ0n) is 13.7. The second-order valence-corrected chi connectivity index (χ2v) is 5.72. The molecule has 0 spiro atoms. The van der Waals surface area contributed by atoms with Crippen LogP contribution in [0.1, 0.15) is 10.5 Å². The third kappa shape index (κ3) is 3.27. The summed E-state index contributed by atoms with van der Waals surface area (Å²) in [6, 6.07) is 11.4. The van der Waals surface area contributed by atoms with Gasteiger partial charge in [0.25, 0.3) is 0 Å². The topological polar surface area (TPSA) is 54.8 Å². The minimum Gasteiger partial charge on any atom is -0.495 e. The number of carbonyl (C=O) groups is 2. The van der Waals surface area contributed by atoms with Gasteiger partial charge in [0.05, 0.1) is 18.5 Å². The molecule has 0 saturated carbocycles. The van der Waals surface area contributed by atoms with E-state index in [1.54, 1.807) is 30.0 Å². The molecular weight excluding hydrogens is 306 g/mol. The van der Waals surface area contributed by atoms with Crippen molar-refractivity contribution in [3.8, 4) is 5.75 Å². The zero-order chi connectivity index (χ0) is 16.9. The lowest BCUT2D eigenvalue weighted by atomic mass is 10.2. The van der Waals surface area contributed by atoms with Crippen LogP contribution in [-0.4, -0.2) is 54.9 Å². The molecule has 0 radical (unpaired) electrons. The molecule has 1 aliphatic heterocycles. The van der Waals surface area contributed by atoms with Crippen molar-refractivity contribution in [2.45, 2.75) is 6.54 Å². The molecule has 1 aromatic carbocycles. The predicted molar refractivity (Wildman–Crippen MR) is 91.6 cm³/mol. The lowest BCUT2D eigenvalue weighted by molar-refractivity contribution is -0.132. The Bertz CT molecular complexity index is 718. The molecule has 1 aliphatic rings. The monoisotopic (exact) mass is 327 g/mol. The summed E-state index contributed by atoms with van der Waals surface area (Å²) >= 11 is 0. The van der Waals surface area contributed by atoms with E-state index in [9.17, 15) is 9.59 Å². The molecule has 2 heterocycles. The maximum atomic E-state index is 12.4. The summed E-state index contributed by atoms with van der Waals surface area (Å²) in [6.07, 6.45) is 2.53. The van der Waals surface area contributed by atoms with Crippen LogP contribution in [0.4, 0.5) is 5.69 Å². The lowest BCUT2D eigenvalue weighted by Crippen LogP contribution is -2.49. The van der Waals surface area contributed by atoms with Crippen molar-refractivity contribution in [2.24, 2.45) is 0 Å². The molecule has 1 aromatic heterocycles. The van der Waals surface area contributed by atoms with Gasteiger partial charge in [-0.15, -0.1) is 0 Å². The first-order valence-electron chi connectivity index (χ1n) is 7.99. The lowest BCUT2D eigenvalue weighted by Gasteiger charge is -2.36. The molecule has 0 bridgehead atoms. The average Bonchev–Trinajstić information content (AvgIpc) is 3.09. The fourth-order valence-electron chi connectivity index (χ4n) is 3.01. The number of hydrogen-bond donors (Lipinski definition) is 0. The van der Waals surface area contributed by atoms with Gasteiger partial charge in [-0.25, -0.2) is 0 Å². The van der Waals surface area contributed by atoms with Crippen molar-refractivity contribution in [1.29, 1.82) is 0 Å². The fraction of sp³-hybridized carbons (Fsp3) is 0.333. The summed E-state index contributed by atoms with van der Waals surface area (Å²) in [6.45, 7) is 3.05. The molecule has 6 heteroatoms. The van der Waals surface area contributed by atoms with Crippen LogP contribution in [0.25, 0.3) is 0 Å². The molecule has 1 fully saturated rings. The number of benzene rings is 1. The van der Waals surface area contributed by atoms with E-state index in [1.807, 2.05) is 29.2 Å². The summed E-state index contributed by atoms with van der Waals surface area (Å²) in [5.41, 5.74) is 1.58. The van der Waals surface area contributed by atoms with Gasteiger partial charge < -0.3 is 19.1 Å². The summed E-state index contributed by atoms with van der Waals surface area (Å²) < 4.78 is 7.09. The number of hydrogen-bond acceptors (Lipinski definition) is 4. The highest BCUT2D eigenvalue weighted by molar-refractivity contribution is 5.79. The van der Waals surface area contributed by atoms with Crippen LogP contribution in [0.3, 0.4) is 0 Å². The van der Waals surface area contributed by atoms with E-state index in [0.717, 1.165) is 30.8 Å². The number of carbonyl (C=O) groups excluding carboxylic acids is 2. The Morgan fingerprint density at radius 1 is 1.12 bits per heavy atom. The van der Waals surface area contributed by atoms with Gasteiger partial charge in [0.1, 0.15) is 12.3 Å². The van der Waals surface area contributed by atoms with Crippen LogP contribution >= 0.6 is 0 Å². The molecule has 126 valence electrons. The van der Waals surface area contributed by atoms with Crippen LogP contribution in [-0.2, 0) is 11.3 Å². The first-order chi connectivity index (χ1) is 11.7. The third-order valence-corrected chi connectivity index (χ3v) is 4.35. The normalized spacial score (nSPS) is 14.5. The molecule has 24 heavy (non-hydrogen) atoms. The molecule has 6 nitrogen and oxygen atoms in total. The SMILES string of the molecule is COc1ccccc1N1CCN(C(=O)Cn2cccc2C=O)CC1. The smallest absolute Gasteiger partial charge is 0.242 e. The molecule has 0 unspecified atom stereocenters. The second-order valence-electron chi connectivity index (χ2n) is 5.72. The molecule has 0 N–H and O–H groups in total. The van der Waals surface area contributed by atoms with Gasteiger partial charge in [0.15, 0.2) is 6.29 Å². The number of methoxy groups -OCH3 is 1. The van der Waals surface area contributed by atoms with E-state index in [2.05, 4.69) is 4.90 Å². The van der Waals surface area contributed by atoms with Gasteiger partial charge in [0, 0.05) is 32.4 Å². The summed E-state index contributed by atoms with van der Waals surface area (Å²) in [5.74, 6) is 0.884. The number of ether oxygens (including phenoxy) is 1. The number of nitrogens with zero attached hydrogens (tertiary/aromatic N) is 3. The van der Waals surface area contributed by atoms with E-state index in [1.165, 1.54) is 0 Å². The van der Waals surface area contributed by atoms with Gasteiger partial charge in [0.2, 0.25) is 5.91 Å². The van der Waals surface area contributed by atoms with Crippen LogP contribution in [0.2, 0.25) is 0 Å². The van der Waals surface area contributed by atoms with Crippen LogP contribution < -0.4 is 9.64 Å². The van der Waals surface area contributed by atoms with Crippen molar-refractivity contribution in [3.05, 3.63) is 48.3 Å². The van der Waals surface area contributed by atoms with Crippen LogP contribution in [0.5, 0.6) is 5.75 Å². The Balaban J connectivity index is 1.60. The number of para-hydroxylation sites is 2. The second kappa shape index (κ2) is 7.21. The molecule has 0 aliphatic carbocycles. The Hall–Kier alpha value is -2.76. The van der Waals surface area contributed by atoms with Gasteiger partial charge in [-0.2, -0.15) is 0 Å². The maximum Gasteiger partial charge on any atom is 0.242 e. The van der Waals surface area contributed by atoms with Crippen molar-refractivity contribution >= 4 is 17.9 Å². The zero-order valence-corrected chi connectivity index (χ0v) is 13.7. The van der Waals surface area contributed by atoms with Crippen molar-refractivity contribution in [3.63, 3.8) is 0 Å². The number of anilines is 1. The van der Waals surface area contributed by atoms with Crippen molar-refractivity contribution in [2.75, 3.05) is 38.2 Å². The highest BCUT2D eigenvalue weighted by Crippen LogP contribution is 2.28. The van der Waals surface area contributed by atoms with Gasteiger partial charge in [-0.3, -0.25) is 9.59 Å². The Morgan fingerprint density at radius 2 is 1.88 bits per heavy atom. The largest absolute Gasteiger partial charge is 0.495 e.